The van der Waals surface area contributed by atoms with Crippen molar-refractivity contribution in [3.8, 4) is 5.75 Å². The lowest BCUT2D eigenvalue weighted by atomic mass is 10.1. The number of methoxy groups -OCH3 is 1. The van der Waals surface area contributed by atoms with Crippen molar-refractivity contribution in [2.24, 2.45) is 5.73 Å². The van der Waals surface area contributed by atoms with E-state index in [0.29, 0.717) is 22.7 Å². The minimum Gasteiger partial charge on any atom is -0.497 e. The topological polar surface area (TPSA) is 120 Å². The number of nitrogens with one attached hydrogen (secondary N) is 2. The summed E-state index contributed by atoms with van der Waals surface area (Å²) in [6.07, 6.45) is -1.17. The average molecular weight is 419 g/mol. The Morgan fingerprint density at radius 1 is 0.806 bits per heavy atom. The van der Waals surface area contributed by atoms with Gasteiger partial charge in [-0.25, -0.2) is 9.59 Å². The van der Waals surface area contributed by atoms with E-state index in [1.807, 2.05) is 0 Å². The molecule has 0 radical (unpaired) electrons. The van der Waals surface area contributed by atoms with Crippen LogP contribution in [-0.2, 0) is 9.53 Å². The SMILES string of the molecule is COc1ccc(NC(=O)[C@@H](OC(=O)c2ccc(NC(N)=O)cc2)c2ccccc2)cc1. The lowest BCUT2D eigenvalue weighted by Crippen LogP contribution is -2.26. The van der Waals surface area contributed by atoms with E-state index < -0.39 is 24.0 Å². The van der Waals surface area contributed by atoms with Gasteiger partial charge in [0.1, 0.15) is 5.75 Å². The summed E-state index contributed by atoms with van der Waals surface area (Å²) in [6.45, 7) is 0. The van der Waals surface area contributed by atoms with Gasteiger partial charge in [-0.1, -0.05) is 30.3 Å². The normalized spacial score (nSPS) is 11.1. The molecular weight excluding hydrogens is 398 g/mol. The smallest absolute Gasteiger partial charge is 0.339 e. The summed E-state index contributed by atoms with van der Waals surface area (Å²) >= 11 is 0. The second-order valence-electron chi connectivity index (χ2n) is 6.48. The van der Waals surface area contributed by atoms with Crippen LogP contribution in [0.3, 0.4) is 0 Å². The first-order chi connectivity index (χ1) is 15.0. The van der Waals surface area contributed by atoms with Crippen LogP contribution in [0.1, 0.15) is 22.0 Å². The third-order valence-electron chi connectivity index (χ3n) is 4.31. The number of primary amides is 1. The van der Waals surface area contributed by atoms with E-state index in [4.69, 9.17) is 15.2 Å². The summed E-state index contributed by atoms with van der Waals surface area (Å²) in [5.74, 6) is -0.542. The highest BCUT2D eigenvalue weighted by atomic mass is 16.5. The first kappa shape index (κ1) is 21.4. The molecule has 0 bridgehead atoms. The summed E-state index contributed by atoms with van der Waals surface area (Å²) < 4.78 is 10.6. The van der Waals surface area contributed by atoms with Gasteiger partial charge in [0.25, 0.3) is 5.91 Å². The molecule has 0 aliphatic carbocycles. The summed E-state index contributed by atoms with van der Waals surface area (Å²) in [6, 6.07) is 20.7. The van der Waals surface area contributed by atoms with Gasteiger partial charge in [0.15, 0.2) is 0 Å². The Morgan fingerprint density at radius 3 is 1.97 bits per heavy atom. The Bertz CT molecular complexity index is 1050. The largest absolute Gasteiger partial charge is 0.497 e. The summed E-state index contributed by atoms with van der Waals surface area (Å²) in [5.41, 5.74) is 6.77. The molecule has 8 nitrogen and oxygen atoms in total. The zero-order valence-corrected chi connectivity index (χ0v) is 16.7. The second kappa shape index (κ2) is 9.93. The quantitative estimate of drug-likeness (QED) is 0.504. The van der Waals surface area contributed by atoms with Gasteiger partial charge in [-0.15, -0.1) is 0 Å². The van der Waals surface area contributed by atoms with E-state index in [2.05, 4.69) is 10.6 Å². The number of ether oxygens (including phenoxy) is 2. The van der Waals surface area contributed by atoms with Crippen LogP contribution < -0.4 is 21.1 Å². The first-order valence-corrected chi connectivity index (χ1v) is 9.33. The maximum Gasteiger partial charge on any atom is 0.339 e. The van der Waals surface area contributed by atoms with Crippen LogP contribution in [0.4, 0.5) is 16.2 Å². The predicted molar refractivity (Wildman–Crippen MR) is 116 cm³/mol. The van der Waals surface area contributed by atoms with E-state index in [0.717, 1.165) is 0 Å². The van der Waals surface area contributed by atoms with Crippen LogP contribution in [-0.4, -0.2) is 25.0 Å². The number of esters is 1. The van der Waals surface area contributed by atoms with Gasteiger partial charge in [0.2, 0.25) is 6.10 Å². The fraction of sp³-hybridized carbons (Fsp3) is 0.0870. The van der Waals surface area contributed by atoms with Gasteiger partial charge < -0.3 is 25.8 Å². The number of amides is 3. The maximum atomic E-state index is 12.9. The molecule has 0 aliphatic heterocycles. The molecule has 158 valence electrons. The molecular formula is C23H21N3O5. The van der Waals surface area contributed by atoms with Crippen molar-refractivity contribution in [2.45, 2.75) is 6.10 Å². The van der Waals surface area contributed by atoms with Crippen molar-refractivity contribution in [2.75, 3.05) is 17.7 Å². The lowest BCUT2D eigenvalue weighted by Gasteiger charge is -2.18. The minimum absolute atomic E-state index is 0.216. The van der Waals surface area contributed by atoms with E-state index in [-0.39, 0.29) is 5.56 Å². The van der Waals surface area contributed by atoms with Crippen LogP contribution in [0.25, 0.3) is 0 Å². The van der Waals surface area contributed by atoms with Gasteiger partial charge in [-0.3, -0.25) is 4.79 Å². The molecule has 0 fully saturated rings. The molecule has 8 heteroatoms. The molecule has 3 aromatic carbocycles. The number of rotatable bonds is 7. The average Bonchev–Trinajstić information content (AvgIpc) is 2.78. The molecule has 0 saturated heterocycles. The van der Waals surface area contributed by atoms with Gasteiger partial charge >= 0.3 is 12.0 Å². The number of anilines is 2. The standard InChI is InChI=1S/C23H21N3O5/c1-30-19-13-11-17(12-14-19)25-21(27)20(15-5-3-2-4-6-15)31-22(28)16-7-9-18(10-8-16)26-23(24)29/h2-14,20H,1H3,(H,25,27)(H3,24,26,29)/t20-/m0/s1. The molecule has 31 heavy (non-hydrogen) atoms. The molecule has 0 heterocycles. The van der Waals surface area contributed by atoms with Gasteiger partial charge in [0.05, 0.1) is 12.7 Å². The lowest BCUT2D eigenvalue weighted by molar-refractivity contribution is -0.125. The number of urea groups is 1. The summed E-state index contributed by atoms with van der Waals surface area (Å²) in [7, 11) is 1.55. The Labute approximate surface area is 179 Å². The summed E-state index contributed by atoms with van der Waals surface area (Å²) in [4.78, 5) is 36.5. The van der Waals surface area contributed by atoms with Crippen molar-refractivity contribution in [1.29, 1.82) is 0 Å². The molecule has 0 aromatic heterocycles. The zero-order valence-electron chi connectivity index (χ0n) is 16.7. The zero-order chi connectivity index (χ0) is 22.2. The Kier molecular flexibility index (Phi) is 6.85. The van der Waals surface area contributed by atoms with Crippen molar-refractivity contribution in [3.63, 3.8) is 0 Å². The van der Waals surface area contributed by atoms with Gasteiger partial charge in [-0.05, 0) is 48.5 Å². The third-order valence-corrected chi connectivity index (χ3v) is 4.31. The number of benzene rings is 3. The van der Waals surface area contributed by atoms with Crippen LogP contribution in [0, 0.1) is 0 Å². The number of carbonyl (C=O) groups excluding carboxylic acids is 3. The highest BCUT2D eigenvalue weighted by molar-refractivity contribution is 5.98. The third kappa shape index (κ3) is 5.83. The van der Waals surface area contributed by atoms with Crippen LogP contribution in [0.15, 0.2) is 78.9 Å². The van der Waals surface area contributed by atoms with Crippen LogP contribution in [0.5, 0.6) is 5.75 Å². The minimum atomic E-state index is -1.17. The number of hydrogen-bond donors (Lipinski definition) is 3. The van der Waals surface area contributed by atoms with Crippen LogP contribution in [0.2, 0.25) is 0 Å². The Morgan fingerprint density at radius 2 is 1.39 bits per heavy atom. The molecule has 3 rings (SSSR count). The van der Waals surface area contributed by atoms with Crippen molar-refractivity contribution in [3.05, 3.63) is 90.0 Å². The summed E-state index contributed by atoms with van der Waals surface area (Å²) in [5, 5.41) is 5.15. The fourth-order valence-electron chi connectivity index (χ4n) is 2.79. The van der Waals surface area contributed by atoms with E-state index >= 15 is 0 Å². The Balaban J connectivity index is 1.77. The molecule has 0 spiro atoms. The molecule has 3 aromatic rings. The van der Waals surface area contributed by atoms with Crippen molar-refractivity contribution >= 4 is 29.3 Å². The highest BCUT2D eigenvalue weighted by Gasteiger charge is 2.26. The van der Waals surface area contributed by atoms with Crippen molar-refractivity contribution in [1.82, 2.24) is 0 Å². The molecule has 0 aliphatic rings. The molecule has 0 unspecified atom stereocenters. The first-order valence-electron chi connectivity index (χ1n) is 9.33. The van der Waals surface area contributed by atoms with Crippen molar-refractivity contribution < 1.29 is 23.9 Å². The van der Waals surface area contributed by atoms with Gasteiger partial charge in [0, 0.05) is 16.9 Å². The Hall–Kier alpha value is -4.33. The molecule has 1 atom stereocenters. The van der Waals surface area contributed by atoms with E-state index in [9.17, 15) is 14.4 Å². The number of nitrogens with two attached hydrogens (primary N) is 1. The van der Waals surface area contributed by atoms with Crippen LogP contribution >= 0.6 is 0 Å². The monoisotopic (exact) mass is 419 g/mol. The molecule has 3 amide bonds. The molecule has 4 N–H and O–H groups in total. The number of carbonyl (C=O) groups is 3. The second-order valence-corrected chi connectivity index (χ2v) is 6.48. The fourth-order valence-corrected chi connectivity index (χ4v) is 2.79. The van der Waals surface area contributed by atoms with E-state index in [1.54, 1.807) is 61.7 Å². The number of hydrogen-bond acceptors (Lipinski definition) is 5. The maximum absolute atomic E-state index is 12.9. The molecule has 0 saturated carbocycles. The van der Waals surface area contributed by atoms with E-state index in [1.165, 1.54) is 24.3 Å². The highest BCUT2D eigenvalue weighted by Crippen LogP contribution is 2.23. The predicted octanol–water partition coefficient (Wildman–Crippen LogP) is 3.72. The van der Waals surface area contributed by atoms with Gasteiger partial charge in [-0.2, -0.15) is 0 Å².